The molecule has 0 spiro atoms. The number of nitrogens with zero attached hydrogens (tertiary/aromatic N) is 4. The molecule has 0 fully saturated rings. The Bertz CT molecular complexity index is 1020. The fourth-order valence-corrected chi connectivity index (χ4v) is 3.17. The highest BCUT2D eigenvalue weighted by Gasteiger charge is 2.19. The highest BCUT2D eigenvalue weighted by molar-refractivity contribution is 5.86. The first kappa shape index (κ1) is 13.9. The van der Waals surface area contributed by atoms with E-state index in [0.717, 1.165) is 22.1 Å². The van der Waals surface area contributed by atoms with Gasteiger partial charge in [0.25, 0.3) is 0 Å². The van der Waals surface area contributed by atoms with Crippen molar-refractivity contribution in [1.29, 1.82) is 0 Å². The second kappa shape index (κ2) is 4.87. The molecule has 23 heavy (non-hydrogen) atoms. The summed E-state index contributed by atoms with van der Waals surface area (Å²) < 4.78 is 4.11. The number of fused-ring (bicyclic) bond motifs is 2. The number of rotatable bonds is 2. The molecule has 1 aliphatic heterocycles. The van der Waals surface area contributed by atoms with Gasteiger partial charge in [0.15, 0.2) is 5.49 Å². The van der Waals surface area contributed by atoms with Crippen LogP contribution in [0.1, 0.15) is 19.9 Å². The van der Waals surface area contributed by atoms with Gasteiger partial charge in [-0.1, -0.05) is 18.2 Å². The molecule has 0 unspecified atom stereocenters. The number of nitrogens with one attached hydrogen (secondary N) is 1. The standard InChI is InChI=1S/C17H20N6/c1-10(2)23-17-14(16(18)19-9-20-17)15(21-23)13-8-11-6-4-5-7-12(11)22(13)3/h4-8,10,19H,9,18H2,1-3H3. The van der Waals surface area contributed by atoms with E-state index in [-0.39, 0.29) is 6.04 Å². The maximum atomic E-state index is 6.23. The lowest BCUT2D eigenvalue weighted by atomic mass is 10.2. The molecule has 3 heterocycles. The normalized spacial score (nSPS) is 14.0. The molecule has 3 aromatic rings. The van der Waals surface area contributed by atoms with Crippen LogP contribution < -0.4 is 21.8 Å². The molecule has 0 aliphatic carbocycles. The monoisotopic (exact) mass is 308 g/mol. The minimum absolute atomic E-state index is 0.224. The van der Waals surface area contributed by atoms with Gasteiger partial charge in [-0.3, -0.25) is 0 Å². The van der Waals surface area contributed by atoms with Crippen molar-refractivity contribution in [3.05, 3.63) is 41.0 Å². The van der Waals surface area contributed by atoms with Gasteiger partial charge in [-0.25, -0.2) is 9.67 Å². The van der Waals surface area contributed by atoms with Crippen LogP contribution in [0.5, 0.6) is 0 Å². The SMILES string of the molecule is CC(C)n1nc(-c2cc3ccccc3n2C)c2c1=NCNC=2N. The fraction of sp³-hybridized carbons (Fsp3) is 0.294. The third-order valence-corrected chi connectivity index (χ3v) is 4.34. The number of hydrogen-bond donors (Lipinski definition) is 2. The molecule has 0 saturated heterocycles. The molecule has 2 aromatic heterocycles. The number of benzene rings is 1. The fourth-order valence-electron chi connectivity index (χ4n) is 3.17. The van der Waals surface area contributed by atoms with Crippen molar-refractivity contribution >= 4 is 16.7 Å². The molecule has 0 atom stereocenters. The number of nitrogens with two attached hydrogens (primary N) is 1. The van der Waals surface area contributed by atoms with Gasteiger partial charge < -0.3 is 15.6 Å². The summed E-state index contributed by atoms with van der Waals surface area (Å²) in [6.45, 7) is 4.70. The van der Waals surface area contributed by atoms with Gasteiger partial charge in [-0.2, -0.15) is 5.10 Å². The zero-order valence-corrected chi connectivity index (χ0v) is 13.5. The van der Waals surface area contributed by atoms with Gasteiger partial charge in [0.2, 0.25) is 0 Å². The van der Waals surface area contributed by atoms with Crippen LogP contribution in [0.25, 0.3) is 28.1 Å². The van der Waals surface area contributed by atoms with E-state index >= 15 is 0 Å². The average molecular weight is 308 g/mol. The zero-order valence-electron chi connectivity index (χ0n) is 13.5. The Balaban J connectivity index is 2.11. The summed E-state index contributed by atoms with van der Waals surface area (Å²) in [5, 5.41) is 10.0. The van der Waals surface area contributed by atoms with Crippen LogP contribution in [0.3, 0.4) is 0 Å². The van der Waals surface area contributed by atoms with E-state index in [1.165, 1.54) is 10.9 Å². The van der Waals surface area contributed by atoms with Crippen molar-refractivity contribution in [2.45, 2.75) is 19.9 Å². The Labute approximate surface area is 133 Å². The summed E-state index contributed by atoms with van der Waals surface area (Å²) in [6, 6.07) is 10.7. The maximum absolute atomic E-state index is 6.23. The van der Waals surface area contributed by atoms with Gasteiger partial charge in [0, 0.05) is 24.0 Å². The van der Waals surface area contributed by atoms with Crippen molar-refractivity contribution in [3.8, 4) is 11.4 Å². The zero-order chi connectivity index (χ0) is 16.1. The summed E-state index contributed by atoms with van der Waals surface area (Å²) in [5.74, 6) is 0.641. The average Bonchev–Trinajstić information content (AvgIpc) is 3.07. The molecule has 0 amide bonds. The van der Waals surface area contributed by atoms with Gasteiger partial charge in [-0.15, -0.1) is 0 Å². The van der Waals surface area contributed by atoms with Crippen LogP contribution in [0.15, 0.2) is 35.3 Å². The summed E-state index contributed by atoms with van der Waals surface area (Å²) in [5.41, 5.74) is 10.2. The Kier molecular flexibility index (Phi) is 2.94. The van der Waals surface area contributed by atoms with Gasteiger partial charge in [0.1, 0.15) is 18.2 Å². The van der Waals surface area contributed by atoms with Gasteiger partial charge in [0.05, 0.1) is 10.9 Å². The highest BCUT2D eigenvalue weighted by atomic mass is 15.3. The molecular formula is C17H20N6. The van der Waals surface area contributed by atoms with Gasteiger partial charge in [-0.05, 0) is 26.0 Å². The Hall–Kier alpha value is -2.76. The molecule has 6 heteroatoms. The quantitative estimate of drug-likeness (QED) is 0.736. The third kappa shape index (κ3) is 1.94. The van der Waals surface area contributed by atoms with Crippen LogP contribution in [0.2, 0.25) is 0 Å². The van der Waals surface area contributed by atoms with E-state index in [1.807, 2.05) is 16.8 Å². The van der Waals surface area contributed by atoms with Crippen LogP contribution in [-0.2, 0) is 7.05 Å². The van der Waals surface area contributed by atoms with Gasteiger partial charge >= 0.3 is 0 Å². The second-order valence-corrected chi connectivity index (χ2v) is 6.14. The van der Waals surface area contributed by atoms with Crippen LogP contribution in [0, 0.1) is 0 Å². The molecule has 0 saturated carbocycles. The van der Waals surface area contributed by atoms with E-state index in [2.05, 4.69) is 54.0 Å². The Morgan fingerprint density at radius 3 is 2.78 bits per heavy atom. The van der Waals surface area contributed by atoms with Crippen molar-refractivity contribution < 1.29 is 0 Å². The summed E-state index contributed by atoms with van der Waals surface area (Å²) in [7, 11) is 2.06. The van der Waals surface area contributed by atoms with E-state index in [4.69, 9.17) is 10.8 Å². The second-order valence-electron chi connectivity index (χ2n) is 6.14. The van der Waals surface area contributed by atoms with Crippen LogP contribution in [0.4, 0.5) is 0 Å². The number of para-hydroxylation sites is 1. The molecule has 0 radical (unpaired) electrons. The van der Waals surface area contributed by atoms with E-state index < -0.39 is 0 Å². The minimum atomic E-state index is 0.224. The smallest absolute Gasteiger partial charge is 0.159 e. The predicted molar refractivity (Wildman–Crippen MR) is 90.9 cm³/mol. The molecule has 3 N–H and O–H groups in total. The Morgan fingerprint density at radius 2 is 2.04 bits per heavy atom. The minimum Gasteiger partial charge on any atom is -0.385 e. The first-order valence-electron chi connectivity index (χ1n) is 7.79. The number of aryl methyl sites for hydroxylation is 1. The third-order valence-electron chi connectivity index (χ3n) is 4.34. The molecular weight excluding hydrogens is 288 g/mol. The maximum Gasteiger partial charge on any atom is 0.159 e. The Morgan fingerprint density at radius 1 is 1.26 bits per heavy atom. The highest BCUT2D eigenvalue weighted by Crippen LogP contribution is 2.24. The lowest BCUT2D eigenvalue weighted by molar-refractivity contribution is 0.505. The predicted octanol–water partition coefficient (Wildman–Crippen LogP) is 0.827. The van der Waals surface area contributed by atoms with E-state index in [9.17, 15) is 0 Å². The van der Waals surface area contributed by atoms with Crippen molar-refractivity contribution in [1.82, 2.24) is 19.7 Å². The van der Waals surface area contributed by atoms with E-state index in [1.54, 1.807) is 0 Å². The van der Waals surface area contributed by atoms with Crippen molar-refractivity contribution in [2.75, 3.05) is 6.67 Å². The van der Waals surface area contributed by atoms with Crippen molar-refractivity contribution in [3.63, 3.8) is 0 Å². The van der Waals surface area contributed by atoms with E-state index in [0.29, 0.717) is 12.5 Å². The number of aromatic nitrogens is 3. The first-order chi connectivity index (χ1) is 11.1. The molecule has 118 valence electrons. The molecule has 1 aromatic carbocycles. The summed E-state index contributed by atoms with van der Waals surface area (Å²) in [6.07, 6.45) is 0. The molecule has 0 bridgehead atoms. The largest absolute Gasteiger partial charge is 0.385 e. The summed E-state index contributed by atoms with van der Waals surface area (Å²) >= 11 is 0. The first-order valence-corrected chi connectivity index (χ1v) is 7.79. The van der Waals surface area contributed by atoms with Crippen LogP contribution in [-0.4, -0.2) is 21.0 Å². The lowest BCUT2D eigenvalue weighted by Gasteiger charge is -2.09. The topological polar surface area (TPSA) is 73.2 Å². The summed E-state index contributed by atoms with van der Waals surface area (Å²) in [4.78, 5) is 4.57. The molecule has 1 aliphatic rings. The lowest BCUT2D eigenvalue weighted by Crippen LogP contribution is -2.43. The number of hydrogen-bond acceptors (Lipinski definition) is 4. The van der Waals surface area contributed by atoms with Crippen molar-refractivity contribution in [2.24, 2.45) is 17.8 Å². The van der Waals surface area contributed by atoms with Crippen LogP contribution >= 0.6 is 0 Å². The molecule has 6 nitrogen and oxygen atoms in total. The molecule has 4 rings (SSSR count).